The minimum absolute atomic E-state index is 0.0151. The molecule has 0 heterocycles. The number of nitrogens with zero attached hydrogens (tertiary/aromatic N) is 1. The van der Waals surface area contributed by atoms with Crippen molar-refractivity contribution in [2.24, 2.45) is 11.7 Å². The van der Waals surface area contributed by atoms with Crippen molar-refractivity contribution in [3.8, 4) is 0 Å². The second-order valence-corrected chi connectivity index (χ2v) is 11.7. The summed E-state index contributed by atoms with van der Waals surface area (Å²) >= 11 is 0. The van der Waals surface area contributed by atoms with Crippen LogP contribution in [0, 0.1) is 12.8 Å². The number of hydrogen-bond donors (Lipinski definition) is 3. The van der Waals surface area contributed by atoms with Crippen LogP contribution in [0.3, 0.4) is 0 Å². The van der Waals surface area contributed by atoms with E-state index in [4.69, 9.17) is 10.5 Å². The molecule has 0 aliphatic heterocycles. The maximum Gasteiger partial charge on any atom is 0.408 e. The van der Waals surface area contributed by atoms with Gasteiger partial charge in [0.2, 0.25) is 17.7 Å². The van der Waals surface area contributed by atoms with E-state index in [1.54, 1.807) is 25.7 Å². The molecular weight excluding hydrogens is 496 g/mol. The number of ether oxygens (including phenoxy) is 1. The van der Waals surface area contributed by atoms with E-state index in [0.717, 1.165) is 24.8 Å². The molecule has 3 atom stereocenters. The van der Waals surface area contributed by atoms with E-state index in [-0.39, 0.29) is 24.8 Å². The summed E-state index contributed by atoms with van der Waals surface area (Å²) in [6.07, 6.45) is 2.32. The fraction of sp³-hybridized carbons (Fsp3) is 0.667. The quantitative estimate of drug-likeness (QED) is 0.273. The Morgan fingerprint density at radius 3 is 2.26 bits per heavy atom. The molecule has 0 aliphatic rings. The molecule has 0 bridgehead atoms. The number of carbonyl (C=O) groups is 4. The second kappa shape index (κ2) is 16.1. The van der Waals surface area contributed by atoms with E-state index in [0.29, 0.717) is 24.4 Å². The first-order valence-corrected chi connectivity index (χ1v) is 14.1. The van der Waals surface area contributed by atoms with Crippen LogP contribution in [-0.2, 0) is 19.1 Å². The number of amides is 4. The van der Waals surface area contributed by atoms with Crippen LogP contribution in [0.1, 0.15) is 104 Å². The lowest BCUT2D eigenvalue weighted by Crippen LogP contribution is -2.55. The van der Waals surface area contributed by atoms with E-state index < -0.39 is 35.6 Å². The predicted octanol–water partition coefficient (Wildman–Crippen LogP) is 4.76. The van der Waals surface area contributed by atoms with Gasteiger partial charge in [-0.25, -0.2) is 4.79 Å². The van der Waals surface area contributed by atoms with Gasteiger partial charge >= 0.3 is 6.09 Å². The van der Waals surface area contributed by atoms with Gasteiger partial charge in [-0.3, -0.25) is 14.4 Å². The Bertz CT molecular complexity index is 957. The normalized spacial score (nSPS) is 13.8. The summed E-state index contributed by atoms with van der Waals surface area (Å²) in [5.41, 5.74) is 6.26. The number of alkyl carbamates (subject to hydrolysis) is 1. The van der Waals surface area contributed by atoms with Gasteiger partial charge in [-0.05, 0) is 71.8 Å². The molecule has 0 saturated carbocycles. The van der Waals surface area contributed by atoms with E-state index in [2.05, 4.69) is 24.5 Å². The Kier molecular flexibility index (Phi) is 14.0. The van der Waals surface area contributed by atoms with Crippen LogP contribution in [0.2, 0.25) is 0 Å². The van der Waals surface area contributed by atoms with E-state index >= 15 is 0 Å². The number of rotatable bonds is 15. The fourth-order valence-corrected chi connectivity index (χ4v) is 4.25. The highest BCUT2D eigenvalue weighted by Gasteiger charge is 2.38. The predicted molar refractivity (Wildman–Crippen MR) is 154 cm³/mol. The van der Waals surface area contributed by atoms with Gasteiger partial charge in [0.05, 0.1) is 0 Å². The maximum absolute atomic E-state index is 14.3. The summed E-state index contributed by atoms with van der Waals surface area (Å²) < 4.78 is 5.40. The molecule has 0 spiro atoms. The lowest BCUT2D eigenvalue weighted by atomic mass is 9.95. The van der Waals surface area contributed by atoms with Crippen molar-refractivity contribution in [3.63, 3.8) is 0 Å². The number of unbranched alkanes of at least 4 members (excludes halogenated alkanes) is 1. The Morgan fingerprint density at radius 1 is 1.05 bits per heavy atom. The Balaban J connectivity index is 3.59. The van der Waals surface area contributed by atoms with Crippen molar-refractivity contribution in [1.29, 1.82) is 0 Å². The summed E-state index contributed by atoms with van der Waals surface area (Å²) in [6, 6.07) is 5.17. The van der Waals surface area contributed by atoms with Crippen LogP contribution in [0.15, 0.2) is 24.3 Å². The maximum atomic E-state index is 14.3. The zero-order chi connectivity index (χ0) is 29.8. The standard InChI is InChI=1S/C30H50N4O5/c1-9-10-18-32-27(36)26(23-13-11-12-21(4)19-23)34(22(5)15-14-20(2)3)28(37)24(16-17-25(31)35)33-29(38)39-30(6,7)8/h11-13,19-20,22,24,26H,9-10,14-18H2,1-8H3,(H2,31,35)(H,32,36)(H,33,38). The third-order valence-electron chi connectivity index (χ3n) is 6.27. The molecule has 0 aromatic heterocycles. The smallest absolute Gasteiger partial charge is 0.408 e. The number of aryl methyl sites for hydroxylation is 1. The fourth-order valence-electron chi connectivity index (χ4n) is 4.25. The molecule has 0 fully saturated rings. The van der Waals surface area contributed by atoms with Gasteiger partial charge in [0.25, 0.3) is 0 Å². The molecule has 9 heteroatoms. The number of benzene rings is 1. The summed E-state index contributed by atoms with van der Waals surface area (Å²) in [5, 5.41) is 5.64. The van der Waals surface area contributed by atoms with E-state index in [1.165, 1.54) is 0 Å². The molecule has 9 nitrogen and oxygen atoms in total. The number of hydrogen-bond acceptors (Lipinski definition) is 5. The van der Waals surface area contributed by atoms with Crippen LogP contribution in [0.5, 0.6) is 0 Å². The van der Waals surface area contributed by atoms with Crippen molar-refractivity contribution in [2.75, 3.05) is 6.54 Å². The third-order valence-corrected chi connectivity index (χ3v) is 6.27. The van der Waals surface area contributed by atoms with Crippen molar-refractivity contribution in [3.05, 3.63) is 35.4 Å². The highest BCUT2D eigenvalue weighted by atomic mass is 16.6. The molecule has 1 aromatic carbocycles. The van der Waals surface area contributed by atoms with Gasteiger partial charge in [0.15, 0.2) is 0 Å². The monoisotopic (exact) mass is 546 g/mol. The van der Waals surface area contributed by atoms with Crippen LogP contribution in [0.25, 0.3) is 0 Å². The Labute approximate surface area is 234 Å². The van der Waals surface area contributed by atoms with E-state index in [1.807, 2.05) is 45.0 Å². The third kappa shape index (κ3) is 12.5. The van der Waals surface area contributed by atoms with Crippen LogP contribution < -0.4 is 16.4 Å². The minimum Gasteiger partial charge on any atom is -0.444 e. The highest BCUT2D eigenvalue weighted by molar-refractivity contribution is 5.92. The van der Waals surface area contributed by atoms with Gasteiger partial charge in [-0.15, -0.1) is 0 Å². The zero-order valence-corrected chi connectivity index (χ0v) is 25.1. The molecule has 1 rings (SSSR count). The molecular formula is C30H50N4O5. The molecule has 0 saturated heterocycles. The van der Waals surface area contributed by atoms with Crippen molar-refractivity contribution >= 4 is 23.8 Å². The van der Waals surface area contributed by atoms with Gasteiger partial charge in [-0.2, -0.15) is 0 Å². The SMILES string of the molecule is CCCCNC(=O)C(c1cccc(C)c1)N(C(=O)C(CCC(N)=O)NC(=O)OC(C)(C)C)C(C)CCC(C)C. The van der Waals surface area contributed by atoms with Gasteiger partial charge < -0.3 is 26.0 Å². The largest absolute Gasteiger partial charge is 0.444 e. The molecule has 1 aromatic rings. The molecule has 0 radical (unpaired) electrons. The molecule has 3 unspecified atom stereocenters. The first kappa shape index (κ1) is 33.9. The lowest BCUT2D eigenvalue weighted by molar-refractivity contribution is -0.145. The molecule has 39 heavy (non-hydrogen) atoms. The molecule has 4 N–H and O–H groups in total. The number of primary amides is 1. The first-order chi connectivity index (χ1) is 18.2. The van der Waals surface area contributed by atoms with Gasteiger partial charge in [-0.1, -0.05) is 57.0 Å². The highest BCUT2D eigenvalue weighted by Crippen LogP contribution is 2.28. The van der Waals surface area contributed by atoms with Crippen LogP contribution >= 0.6 is 0 Å². The minimum atomic E-state index is -1.11. The molecule has 0 aliphatic carbocycles. The van der Waals surface area contributed by atoms with E-state index in [9.17, 15) is 19.2 Å². The number of nitrogens with one attached hydrogen (secondary N) is 2. The zero-order valence-electron chi connectivity index (χ0n) is 25.1. The number of carbonyl (C=O) groups excluding carboxylic acids is 4. The summed E-state index contributed by atoms with van der Waals surface area (Å²) in [6.45, 7) is 15.8. The van der Waals surface area contributed by atoms with Crippen molar-refractivity contribution in [2.45, 2.75) is 118 Å². The second-order valence-electron chi connectivity index (χ2n) is 11.7. The molecule has 4 amide bonds. The topological polar surface area (TPSA) is 131 Å². The number of nitrogens with two attached hydrogens (primary N) is 1. The first-order valence-electron chi connectivity index (χ1n) is 14.1. The summed E-state index contributed by atoms with van der Waals surface area (Å²) in [4.78, 5) is 54.0. The van der Waals surface area contributed by atoms with Gasteiger partial charge in [0, 0.05) is 19.0 Å². The Morgan fingerprint density at radius 2 is 1.72 bits per heavy atom. The Hall–Kier alpha value is -3.10. The van der Waals surface area contributed by atoms with Crippen molar-refractivity contribution < 1.29 is 23.9 Å². The molecule has 220 valence electrons. The van der Waals surface area contributed by atoms with Crippen LogP contribution in [0.4, 0.5) is 4.79 Å². The van der Waals surface area contributed by atoms with Crippen molar-refractivity contribution in [1.82, 2.24) is 15.5 Å². The average Bonchev–Trinajstić information content (AvgIpc) is 2.81. The van der Waals surface area contributed by atoms with Crippen LogP contribution in [-0.4, -0.2) is 52.9 Å². The lowest BCUT2D eigenvalue weighted by Gasteiger charge is -2.39. The summed E-state index contributed by atoms with van der Waals surface area (Å²) in [5.74, 6) is -0.947. The average molecular weight is 547 g/mol. The van der Waals surface area contributed by atoms with Gasteiger partial charge in [0.1, 0.15) is 17.7 Å². The summed E-state index contributed by atoms with van der Waals surface area (Å²) in [7, 11) is 0.